The van der Waals surface area contributed by atoms with Gasteiger partial charge in [-0.25, -0.2) is 9.31 Å². The van der Waals surface area contributed by atoms with Crippen LogP contribution in [0, 0.1) is 0 Å². The van der Waals surface area contributed by atoms with Crippen LogP contribution in [-0.2, 0) is 11.8 Å². The SMILES string of the molecule is C[C@@H](OC(=O)N1CCN(c2cnn3cc(-c4cnn(C)c4)ccc23)C[C@@H]1C)c1ccccc1. The van der Waals surface area contributed by atoms with Crippen LogP contribution in [0.4, 0.5) is 10.5 Å². The van der Waals surface area contributed by atoms with Crippen LogP contribution in [0.5, 0.6) is 0 Å². The molecule has 33 heavy (non-hydrogen) atoms. The Balaban J connectivity index is 1.27. The lowest BCUT2D eigenvalue weighted by atomic mass is 10.1. The van der Waals surface area contributed by atoms with E-state index in [1.54, 1.807) is 4.68 Å². The zero-order valence-electron chi connectivity index (χ0n) is 19.1. The molecule has 170 valence electrons. The van der Waals surface area contributed by atoms with Crippen LogP contribution < -0.4 is 4.90 Å². The molecule has 0 aliphatic carbocycles. The van der Waals surface area contributed by atoms with Gasteiger partial charge in [-0.3, -0.25) is 4.68 Å². The van der Waals surface area contributed by atoms with Gasteiger partial charge in [0.25, 0.3) is 0 Å². The van der Waals surface area contributed by atoms with E-state index in [4.69, 9.17) is 4.74 Å². The second kappa shape index (κ2) is 8.61. The monoisotopic (exact) mass is 444 g/mol. The molecular formula is C25H28N6O2. The molecule has 8 nitrogen and oxygen atoms in total. The normalized spacial score (nSPS) is 17.4. The highest BCUT2D eigenvalue weighted by Gasteiger charge is 2.30. The summed E-state index contributed by atoms with van der Waals surface area (Å²) in [5, 5.41) is 8.83. The minimum Gasteiger partial charge on any atom is -0.442 e. The maximum absolute atomic E-state index is 12.8. The molecule has 1 aliphatic heterocycles. The van der Waals surface area contributed by atoms with Gasteiger partial charge in [0.1, 0.15) is 6.10 Å². The average molecular weight is 445 g/mol. The molecule has 3 aromatic heterocycles. The number of rotatable bonds is 4. The molecule has 1 aliphatic rings. The lowest BCUT2D eigenvalue weighted by molar-refractivity contribution is 0.0561. The number of anilines is 1. The van der Waals surface area contributed by atoms with E-state index in [1.807, 2.05) is 78.5 Å². The van der Waals surface area contributed by atoms with E-state index in [-0.39, 0.29) is 18.2 Å². The van der Waals surface area contributed by atoms with Gasteiger partial charge in [0.05, 0.1) is 23.6 Å². The standard InChI is InChI=1S/C25H28N6O2/c1-18-15-29(11-12-30(18)25(32)33-19(2)20-7-5-4-6-8-20)24-14-27-31-17-21(9-10-23(24)31)22-13-26-28(3)16-22/h4-10,13-14,16-19H,11-12,15H2,1-3H3/t18-,19+/m0/s1. The van der Waals surface area contributed by atoms with Crippen molar-refractivity contribution in [2.75, 3.05) is 24.5 Å². The fourth-order valence-electron chi connectivity index (χ4n) is 4.41. The summed E-state index contributed by atoms with van der Waals surface area (Å²) < 4.78 is 9.44. The highest BCUT2D eigenvalue weighted by atomic mass is 16.6. The van der Waals surface area contributed by atoms with E-state index in [0.717, 1.165) is 41.0 Å². The number of hydrogen-bond acceptors (Lipinski definition) is 5. The lowest BCUT2D eigenvalue weighted by Crippen LogP contribution is -2.54. The fourth-order valence-corrected chi connectivity index (χ4v) is 4.41. The lowest BCUT2D eigenvalue weighted by Gasteiger charge is -2.40. The Morgan fingerprint density at radius 1 is 1.03 bits per heavy atom. The van der Waals surface area contributed by atoms with Gasteiger partial charge < -0.3 is 14.5 Å². The fraction of sp³-hybridized carbons (Fsp3) is 0.320. The Morgan fingerprint density at radius 2 is 1.85 bits per heavy atom. The molecule has 0 saturated carbocycles. The van der Waals surface area contributed by atoms with Crippen LogP contribution in [0.15, 0.2) is 67.3 Å². The first-order valence-electron chi connectivity index (χ1n) is 11.2. The number of nitrogens with zero attached hydrogens (tertiary/aromatic N) is 6. The van der Waals surface area contributed by atoms with E-state index >= 15 is 0 Å². The van der Waals surface area contributed by atoms with Crippen LogP contribution in [-0.4, -0.2) is 56.1 Å². The topological polar surface area (TPSA) is 67.9 Å². The van der Waals surface area contributed by atoms with Crippen molar-refractivity contribution in [3.05, 3.63) is 72.8 Å². The van der Waals surface area contributed by atoms with Crippen molar-refractivity contribution in [3.63, 3.8) is 0 Å². The first-order valence-corrected chi connectivity index (χ1v) is 11.2. The molecule has 1 amide bonds. The van der Waals surface area contributed by atoms with Crippen molar-refractivity contribution >= 4 is 17.3 Å². The Kier molecular flexibility index (Phi) is 5.50. The highest BCUT2D eigenvalue weighted by Crippen LogP contribution is 2.28. The van der Waals surface area contributed by atoms with E-state index in [1.165, 1.54) is 0 Å². The number of piperazine rings is 1. The zero-order valence-corrected chi connectivity index (χ0v) is 19.1. The largest absolute Gasteiger partial charge is 0.442 e. The number of benzene rings is 1. The van der Waals surface area contributed by atoms with Gasteiger partial charge in [0, 0.05) is 56.2 Å². The molecule has 1 saturated heterocycles. The Labute approximate surface area is 193 Å². The highest BCUT2D eigenvalue weighted by molar-refractivity contribution is 5.76. The summed E-state index contributed by atoms with van der Waals surface area (Å²) in [7, 11) is 1.91. The number of ether oxygens (including phenoxy) is 1. The Bertz CT molecular complexity index is 1260. The van der Waals surface area contributed by atoms with Gasteiger partial charge in [-0.2, -0.15) is 10.2 Å². The number of amides is 1. The molecule has 0 spiro atoms. The number of aryl methyl sites for hydroxylation is 1. The molecule has 4 heterocycles. The third-order valence-electron chi connectivity index (χ3n) is 6.28. The summed E-state index contributed by atoms with van der Waals surface area (Å²) in [5.74, 6) is 0. The van der Waals surface area contributed by atoms with Crippen molar-refractivity contribution in [2.45, 2.75) is 26.0 Å². The van der Waals surface area contributed by atoms with Gasteiger partial charge in [-0.15, -0.1) is 0 Å². The summed E-state index contributed by atoms with van der Waals surface area (Å²) in [6.45, 7) is 6.03. The second-order valence-corrected chi connectivity index (χ2v) is 8.61. The van der Waals surface area contributed by atoms with Gasteiger partial charge in [0.15, 0.2) is 0 Å². The van der Waals surface area contributed by atoms with Crippen molar-refractivity contribution < 1.29 is 9.53 Å². The summed E-state index contributed by atoms with van der Waals surface area (Å²) >= 11 is 0. The Hall–Kier alpha value is -3.81. The summed E-state index contributed by atoms with van der Waals surface area (Å²) in [6.07, 6.45) is 7.23. The van der Waals surface area contributed by atoms with E-state index < -0.39 is 0 Å². The van der Waals surface area contributed by atoms with E-state index in [2.05, 4.69) is 34.2 Å². The predicted molar refractivity (Wildman–Crippen MR) is 127 cm³/mol. The quantitative estimate of drug-likeness (QED) is 0.473. The molecule has 2 atom stereocenters. The zero-order chi connectivity index (χ0) is 22.9. The molecule has 4 aromatic rings. The van der Waals surface area contributed by atoms with Crippen molar-refractivity contribution in [1.29, 1.82) is 0 Å². The van der Waals surface area contributed by atoms with Gasteiger partial charge in [-0.1, -0.05) is 36.4 Å². The van der Waals surface area contributed by atoms with Crippen molar-refractivity contribution in [2.24, 2.45) is 7.05 Å². The van der Waals surface area contributed by atoms with Crippen LogP contribution in [0.2, 0.25) is 0 Å². The summed E-state index contributed by atoms with van der Waals surface area (Å²) in [6, 6.07) is 14.0. The van der Waals surface area contributed by atoms with E-state index in [9.17, 15) is 4.79 Å². The molecule has 1 aromatic carbocycles. The smallest absolute Gasteiger partial charge is 0.410 e. The van der Waals surface area contributed by atoms with Gasteiger partial charge >= 0.3 is 6.09 Å². The number of aromatic nitrogens is 4. The first-order chi connectivity index (χ1) is 16.0. The molecule has 1 fully saturated rings. The molecule has 0 N–H and O–H groups in total. The summed E-state index contributed by atoms with van der Waals surface area (Å²) in [4.78, 5) is 16.9. The van der Waals surface area contributed by atoms with Gasteiger partial charge in [0.2, 0.25) is 0 Å². The molecule has 5 rings (SSSR count). The maximum atomic E-state index is 12.8. The van der Waals surface area contributed by atoms with Crippen LogP contribution >= 0.6 is 0 Å². The number of carbonyl (C=O) groups is 1. The predicted octanol–water partition coefficient (Wildman–Crippen LogP) is 4.14. The molecular weight excluding hydrogens is 416 g/mol. The number of pyridine rings is 1. The molecule has 0 unspecified atom stereocenters. The van der Waals surface area contributed by atoms with Crippen molar-refractivity contribution in [3.8, 4) is 11.1 Å². The average Bonchev–Trinajstić information content (AvgIpc) is 3.45. The van der Waals surface area contributed by atoms with Gasteiger partial charge in [-0.05, 0) is 25.5 Å². The van der Waals surface area contributed by atoms with Crippen LogP contribution in [0.3, 0.4) is 0 Å². The van der Waals surface area contributed by atoms with Crippen LogP contribution in [0.1, 0.15) is 25.5 Å². The minimum absolute atomic E-state index is 0.0267. The molecule has 0 bridgehead atoms. The van der Waals surface area contributed by atoms with Crippen molar-refractivity contribution in [1.82, 2.24) is 24.3 Å². The first kappa shape index (κ1) is 21.1. The Morgan fingerprint density at radius 3 is 2.58 bits per heavy atom. The molecule has 8 heteroatoms. The number of fused-ring (bicyclic) bond motifs is 1. The molecule has 0 radical (unpaired) electrons. The minimum atomic E-state index is -0.280. The summed E-state index contributed by atoms with van der Waals surface area (Å²) in [5.41, 5.74) is 5.24. The van der Waals surface area contributed by atoms with Crippen LogP contribution in [0.25, 0.3) is 16.6 Å². The number of hydrogen-bond donors (Lipinski definition) is 0. The maximum Gasteiger partial charge on any atom is 0.410 e. The third kappa shape index (κ3) is 4.16. The number of carbonyl (C=O) groups excluding carboxylic acids is 1. The second-order valence-electron chi connectivity index (χ2n) is 8.61. The third-order valence-corrected chi connectivity index (χ3v) is 6.28. The van der Waals surface area contributed by atoms with E-state index in [0.29, 0.717) is 6.54 Å².